The van der Waals surface area contributed by atoms with Crippen LogP contribution in [0.25, 0.3) is 0 Å². The van der Waals surface area contributed by atoms with E-state index >= 15 is 0 Å². The van der Waals surface area contributed by atoms with Gasteiger partial charge in [-0.15, -0.1) is 23.2 Å². The molecule has 1 saturated heterocycles. The second-order valence-corrected chi connectivity index (χ2v) is 10.2. The number of nitrogens with zero attached hydrogens (tertiary/aromatic N) is 1. The molecule has 1 aliphatic heterocycles. The molecular formula is C26H24Cl2N2O5. The van der Waals surface area contributed by atoms with Crippen molar-refractivity contribution in [1.29, 1.82) is 0 Å². The Morgan fingerprint density at radius 3 is 2.31 bits per heavy atom. The van der Waals surface area contributed by atoms with Gasteiger partial charge in [-0.05, 0) is 54.5 Å². The van der Waals surface area contributed by atoms with Crippen molar-refractivity contribution in [2.75, 3.05) is 16.8 Å². The van der Waals surface area contributed by atoms with Crippen LogP contribution in [0.3, 0.4) is 0 Å². The van der Waals surface area contributed by atoms with Gasteiger partial charge in [-0.2, -0.15) is 0 Å². The SMILES string of the molecule is CCc1ccccc1NC(=O)COC(=O)c1cccc(N2C(=O)[C@@H]3[C@H]4C[C@@H]([C@H](Cl)[C@@H]4Cl)[C@@H]3C2=O)c1. The number of nitrogens with one attached hydrogen (secondary N) is 1. The number of fused-ring (bicyclic) bond motifs is 5. The van der Waals surface area contributed by atoms with Gasteiger partial charge in [0.2, 0.25) is 11.8 Å². The summed E-state index contributed by atoms with van der Waals surface area (Å²) in [7, 11) is 0. The van der Waals surface area contributed by atoms with Gasteiger partial charge >= 0.3 is 5.97 Å². The summed E-state index contributed by atoms with van der Waals surface area (Å²) in [5.74, 6) is -3.00. The van der Waals surface area contributed by atoms with E-state index in [2.05, 4.69) is 5.32 Å². The fourth-order valence-corrected chi connectivity index (χ4v) is 6.62. The minimum absolute atomic E-state index is 0.125. The van der Waals surface area contributed by atoms with Crippen LogP contribution in [-0.4, -0.2) is 41.1 Å². The average molecular weight is 515 g/mol. The van der Waals surface area contributed by atoms with Gasteiger partial charge in [-0.3, -0.25) is 19.3 Å². The van der Waals surface area contributed by atoms with Crippen LogP contribution in [-0.2, 0) is 25.5 Å². The molecule has 1 N–H and O–H groups in total. The van der Waals surface area contributed by atoms with Crippen LogP contribution in [0, 0.1) is 23.7 Å². The summed E-state index contributed by atoms with van der Waals surface area (Å²) in [6.07, 6.45) is 1.43. The zero-order valence-corrected chi connectivity index (χ0v) is 20.5. The Morgan fingerprint density at radius 1 is 1.00 bits per heavy atom. The number of ether oxygens (including phenoxy) is 1. The molecule has 2 bridgehead atoms. The number of esters is 1. The number of anilines is 2. The summed E-state index contributed by atoms with van der Waals surface area (Å²) in [6, 6.07) is 13.5. The minimum Gasteiger partial charge on any atom is -0.452 e. The van der Waals surface area contributed by atoms with E-state index in [1.165, 1.54) is 12.1 Å². The highest BCUT2D eigenvalue weighted by molar-refractivity contribution is 6.32. The van der Waals surface area contributed by atoms with E-state index in [-0.39, 0.29) is 40.0 Å². The summed E-state index contributed by atoms with van der Waals surface area (Å²) in [5, 5.41) is 2.07. The van der Waals surface area contributed by atoms with E-state index in [4.69, 9.17) is 27.9 Å². The van der Waals surface area contributed by atoms with Gasteiger partial charge in [0, 0.05) is 5.69 Å². The zero-order chi connectivity index (χ0) is 24.9. The van der Waals surface area contributed by atoms with E-state index < -0.39 is 30.3 Å². The van der Waals surface area contributed by atoms with Crippen LogP contribution in [0.4, 0.5) is 11.4 Å². The quantitative estimate of drug-likeness (QED) is 0.357. The molecule has 35 heavy (non-hydrogen) atoms. The van der Waals surface area contributed by atoms with Gasteiger partial charge in [0.1, 0.15) is 0 Å². The van der Waals surface area contributed by atoms with E-state index in [0.29, 0.717) is 17.8 Å². The van der Waals surface area contributed by atoms with Crippen molar-refractivity contribution in [3.63, 3.8) is 0 Å². The number of para-hydroxylation sites is 1. The Kier molecular flexibility index (Phi) is 6.32. The molecule has 0 spiro atoms. The molecule has 9 heteroatoms. The lowest BCUT2D eigenvalue weighted by Gasteiger charge is -2.28. The minimum atomic E-state index is -0.730. The molecule has 3 amide bonds. The first kappa shape index (κ1) is 23.8. The monoisotopic (exact) mass is 514 g/mol. The van der Waals surface area contributed by atoms with Gasteiger partial charge < -0.3 is 10.1 Å². The topological polar surface area (TPSA) is 92.8 Å². The Labute approximate surface area is 212 Å². The summed E-state index contributed by atoms with van der Waals surface area (Å²) >= 11 is 12.8. The van der Waals surface area contributed by atoms with Crippen molar-refractivity contribution in [2.24, 2.45) is 23.7 Å². The maximum absolute atomic E-state index is 13.2. The van der Waals surface area contributed by atoms with Crippen LogP contribution < -0.4 is 10.2 Å². The lowest BCUT2D eigenvalue weighted by Crippen LogP contribution is -2.37. The first-order chi connectivity index (χ1) is 16.8. The molecule has 2 aliphatic carbocycles. The molecule has 182 valence electrons. The first-order valence-electron chi connectivity index (χ1n) is 11.6. The summed E-state index contributed by atoms with van der Waals surface area (Å²) in [6.45, 7) is 1.51. The van der Waals surface area contributed by atoms with E-state index in [0.717, 1.165) is 16.9 Å². The number of amides is 3. The molecule has 5 rings (SSSR count). The fourth-order valence-electron chi connectivity index (χ4n) is 5.73. The molecule has 6 atom stereocenters. The van der Waals surface area contributed by atoms with Crippen molar-refractivity contribution < 1.29 is 23.9 Å². The maximum Gasteiger partial charge on any atom is 0.338 e. The van der Waals surface area contributed by atoms with Crippen molar-refractivity contribution >= 4 is 58.3 Å². The van der Waals surface area contributed by atoms with Gasteiger partial charge in [0.25, 0.3) is 5.91 Å². The molecule has 2 saturated carbocycles. The van der Waals surface area contributed by atoms with Crippen LogP contribution in [0.5, 0.6) is 0 Å². The molecule has 1 heterocycles. The van der Waals surface area contributed by atoms with Crippen LogP contribution in [0.15, 0.2) is 48.5 Å². The summed E-state index contributed by atoms with van der Waals surface area (Å²) in [4.78, 5) is 52.5. The van der Waals surface area contributed by atoms with Gasteiger partial charge in [0.15, 0.2) is 6.61 Å². The first-order valence-corrected chi connectivity index (χ1v) is 12.5. The molecule has 3 fully saturated rings. The number of carbonyl (C=O) groups excluding carboxylic acids is 4. The highest BCUT2D eigenvalue weighted by atomic mass is 35.5. The smallest absolute Gasteiger partial charge is 0.338 e. The zero-order valence-electron chi connectivity index (χ0n) is 18.9. The number of benzene rings is 2. The molecule has 2 aromatic carbocycles. The predicted molar refractivity (Wildman–Crippen MR) is 132 cm³/mol. The summed E-state index contributed by atoms with van der Waals surface area (Å²) < 4.78 is 5.18. The lowest BCUT2D eigenvalue weighted by molar-refractivity contribution is -0.123. The number of hydrogen-bond donors (Lipinski definition) is 1. The lowest BCUT2D eigenvalue weighted by atomic mass is 9.80. The number of halogens is 2. The molecule has 0 radical (unpaired) electrons. The van der Waals surface area contributed by atoms with E-state index in [1.807, 2.05) is 25.1 Å². The highest BCUT2D eigenvalue weighted by Crippen LogP contribution is 2.59. The molecule has 7 nitrogen and oxygen atoms in total. The normalized spacial score (nSPS) is 28.8. The number of alkyl halides is 2. The van der Waals surface area contributed by atoms with Gasteiger partial charge in [0.05, 0.1) is 33.8 Å². The number of carbonyl (C=O) groups is 4. The average Bonchev–Trinajstić information content (AvgIpc) is 3.47. The van der Waals surface area contributed by atoms with Gasteiger partial charge in [-0.25, -0.2) is 4.79 Å². The van der Waals surface area contributed by atoms with Crippen LogP contribution in [0.1, 0.15) is 29.3 Å². The molecular weight excluding hydrogens is 491 g/mol. The maximum atomic E-state index is 13.2. The summed E-state index contributed by atoms with van der Waals surface area (Å²) in [5.41, 5.74) is 2.07. The van der Waals surface area contributed by atoms with Crippen molar-refractivity contribution in [3.05, 3.63) is 59.7 Å². The Bertz CT molecular complexity index is 1190. The van der Waals surface area contributed by atoms with Crippen molar-refractivity contribution in [1.82, 2.24) is 0 Å². The largest absolute Gasteiger partial charge is 0.452 e. The second-order valence-electron chi connectivity index (χ2n) is 9.20. The molecule has 0 unspecified atom stereocenters. The molecule has 0 aromatic heterocycles. The third kappa shape index (κ3) is 4.00. The number of rotatable bonds is 6. The second kappa shape index (κ2) is 9.28. The van der Waals surface area contributed by atoms with Crippen molar-refractivity contribution in [2.45, 2.75) is 30.5 Å². The standard InChI is InChI=1S/C26H24Cl2N2O5/c1-2-13-6-3-4-9-18(13)29-19(31)12-35-26(34)14-7-5-8-15(10-14)30-24(32)20-16-11-17(21(20)25(30)33)23(28)22(16)27/h3-10,16-17,20-23H,2,11-12H2,1H3,(H,29,31)/t16-,17-,20-,21+,22-,23+/m1/s1. The number of aryl methyl sites for hydroxylation is 1. The van der Waals surface area contributed by atoms with E-state index in [9.17, 15) is 19.2 Å². The fraction of sp³-hybridized carbons (Fsp3) is 0.385. The molecule has 3 aliphatic rings. The van der Waals surface area contributed by atoms with E-state index in [1.54, 1.807) is 18.2 Å². The number of imide groups is 1. The predicted octanol–water partition coefficient (Wildman–Crippen LogP) is 4.01. The van der Waals surface area contributed by atoms with Crippen LogP contribution >= 0.6 is 23.2 Å². The van der Waals surface area contributed by atoms with Gasteiger partial charge in [-0.1, -0.05) is 31.2 Å². The van der Waals surface area contributed by atoms with Crippen molar-refractivity contribution in [3.8, 4) is 0 Å². The Balaban J connectivity index is 1.26. The Morgan fingerprint density at radius 2 is 1.66 bits per heavy atom. The third-order valence-corrected chi connectivity index (χ3v) is 8.65. The third-order valence-electron chi connectivity index (χ3n) is 7.33. The molecule has 2 aromatic rings. The van der Waals surface area contributed by atoms with Crippen LogP contribution in [0.2, 0.25) is 0 Å². The highest BCUT2D eigenvalue weighted by Gasteiger charge is 2.66. The Hall–Kier alpha value is -2.90. The number of hydrogen-bond acceptors (Lipinski definition) is 5.